The average Bonchev–Trinajstić information content (AvgIpc) is 2.79. The van der Waals surface area contributed by atoms with Crippen LogP contribution in [0.1, 0.15) is 27.0 Å². The zero-order valence-electron chi connectivity index (χ0n) is 17.2. The maximum Gasteiger partial charge on any atom is 0.271 e. The van der Waals surface area contributed by atoms with Crippen LogP contribution >= 0.6 is 11.6 Å². The highest BCUT2D eigenvalue weighted by Gasteiger charge is 2.11. The highest BCUT2D eigenvalue weighted by atomic mass is 35.5. The van der Waals surface area contributed by atoms with E-state index in [0.29, 0.717) is 28.2 Å². The van der Waals surface area contributed by atoms with Gasteiger partial charge in [-0.05, 0) is 54.1 Å². The van der Waals surface area contributed by atoms with Gasteiger partial charge in [-0.2, -0.15) is 5.10 Å². The van der Waals surface area contributed by atoms with Gasteiger partial charge in [0, 0.05) is 11.1 Å². The van der Waals surface area contributed by atoms with Crippen LogP contribution in [0.25, 0.3) is 0 Å². The molecule has 0 aliphatic carbocycles. The number of phenols is 2. The Morgan fingerprint density at radius 3 is 2.56 bits per heavy atom. The fourth-order valence-corrected chi connectivity index (χ4v) is 2.93. The van der Waals surface area contributed by atoms with Crippen molar-refractivity contribution in [2.75, 3.05) is 14.2 Å². The van der Waals surface area contributed by atoms with Gasteiger partial charge in [-0.25, -0.2) is 5.43 Å². The Bertz CT molecular complexity index is 1240. The first kappa shape index (κ1) is 22.5. The van der Waals surface area contributed by atoms with Crippen molar-refractivity contribution in [3.8, 4) is 34.8 Å². The van der Waals surface area contributed by atoms with Gasteiger partial charge in [0.1, 0.15) is 11.5 Å². The van der Waals surface area contributed by atoms with Crippen LogP contribution in [0.3, 0.4) is 0 Å². The van der Waals surface area contributed by atoms with Crippen LogP contribution in [0.4, 0.5) is 0 Å². The van der Waals surface area contributed by atoms with Crippen molar-refractivity contribution in [3.63, 3.8) is 0 Å². The molecule has 8 heteroatoms. The molecule has 0 fully saturated rings. The van der Waals surface area contributed by atoms with Crippen molar-refractivity contribution in [1.82, 2.24) is 5.43 Å². The number of hydrogen-bond donors (Lipinski definition) is 3. The molecule has 0 heterocycles. The first-order chi connectivity index (χ1) is 15.4. The van der Waals surface area contributed by atoms with E-state index in [-0.39, 0.29) is 22.1 Å². The fourth-order valence-electron chi connectivity index (χ4n) is 2.75. The maximum atomic E-state index is 12.2. The molecule has 0 unspecified atom stereocenters. The van der Waals surface area contributed by atoms with Crippen LogP contribution in [0, 0.1) is 11.8 Å². The lowest BCUT2D eigenvalue weighted by molar-refractivity contribution is 0.0955. The summed E-state index contributed by atoms with van der Waals surface area (Å²) in [4.78, 5) is 12.2. The van der Waals surface area contributed by atoms with Crippen LogP contribution in [0.2, 0.25) is 5.02 Å². The normalized spacial score (nSPS) is 10.3. The number of carbonyl (C=O) groups excluding carboxylic acids is 1. The summed E-state index contributed by atoms with van der Waals surface area (Å²) in [5.74, 6) is 6.37. The van der Waals surface area contributed by atoms with Crippen LogP contribution in [-0.2, 0) is 0 Å². The van der Waals surface area contributed by atoms with Gasteiger partial charge in [0.15, 0.2) is 11.5 Å². The third kappa shape index (κ3) is 5.50. The van der Waals surface area contributed by atoms with E-state index in [1.54, 1.807) is 36.4 Å². The monoisotopic (exact) mass is 450 g/mol. The Labute approximate surface area is 189 Å². The third-order valence-corrected chi connectivity index (χ3v) is 4.58. The number of hydrogen-bond acceptors (Lipinski definition) is 6. The lowest BCUT2D eigenvalue weighted by atomic mass is 10.1. The number of aromatic hydroxyl groups is 2. The van der Waals surface area contributed by atoms with Gasteiger partial charge < -0.3 is 19.7 Å². The summed E-state index contributed by atoms with van der Waals surface area (Å²) in [6.07, 6.45) is 1.43. The Morgan fingerprint density at radius 2 is 1.88 bits per heavy atom. The van der Waals surface area contributed by atoms with Crippen molar-refractivity contribution in [3.05, 3.63) is 81.9 Å². The molecule has 3 aromatic rings. The van der Waals surface area contributed by atoms with E-state index in [9.17, 15) is 15.0 Å². The first-order valence-corrected chi connectivity index (χ1v) is 9.68. The molecular weight excluding hydrogens is 432 g/mol. The lowest BCUT2D eigenvalue weighted by Gasteiger charge is -2.10. The second-order valence-electron chi connectivity index (χ2n) is 6.47. The van der Waals surface area contributed by atoms with Crippen molar-refractivity contribution in [2.24, 2.45) is 5.10 Å². The number of phenolic OH excluding ortho intramolecular Hbond substituents is 2. The molecule has 3 N–H and O–H groups in total. The molecule has 3 rings (SSSR count). The smallest absolute Gasteiger partial charge is 0.271 e. The van der Waals surface area contributed by atoms with E-state index < -0.39 is 5.91 Å². The lowest BCUT2D eigenvalue weighted by Crippen LogP contribution is -2.17. The number of benzene rings is 3. The summed E-state index contributed by atoms with van der Waals surface area (Å²) in [6.45, 7) is 0. The molecule has 7 nitrogen and oxygen atoms in total. The Kier molecular flexibility index (Phi) is 7.21. The quantitative estimate of drug-likeness (QED) is 0.310. The van der Waals surface area contributed by atoms with Gasteiger partial charge in [-0.1, -0.05) is 29.5 Å². The number of ether oxygens (including phenoxy) is 2. The van der Waals surface area contributed by atoms with Crippen LogP contribution < -0.4 is 14.9 Å². The van der Waals surface area contributed by atoms with Gasteiger partial charge in [-0.3, -0.25) is 4.79 Å². The molecule has 0 saturated carbocycles. The highest BCUT2D eigenvalue weighted by Crippen LogP contribution is 2.32. The number of methoxy groups -OCH3 is 2. The average molecular weight is 451 g/mol. The first-order valence-electron chi connectivity index (χ1n) is 9.30. The van der Waals surface area contributed by atoms with Gasteiger partial charge in [-0.15, -0.1) is 0 Å². The van der Waals surface area contributed by atoms with Crippen LogP contribution in [0.5, 0.6) is 23.0 Å². The predicted molar refractivity (Wildman–Crippen MR) is 122 cm³/mol. The van der Waals surface area contributed by atoms with Gasteiger partial charge in [0.2, 0.25) is 0 Å². The molecule has 0 atom stereocenters. The second-order valence-corrected chi connectivity index (χ2v) is 6.88. The van der Waals surface area contributed by atoms with Crippen LogP contribution in [0.15, 0.2) is 59.7 Å². The van der Waals surface area contributed by atoms with E-state index in [4.69, 9.17) is 21.1 Å². The molecule has 0 bridgehead atoms. The van der Waals surface area contributed by atoms with Gasteiger partial charge >= 0.3 is 0 Å². The largest absolute Gasteiger partial charge is 0.508 e. The van der Waals surface area contributed by atoms with E-state index in [1.165, 1.54) is 38.6 Å². The number of nitrogens with zero attached hydrogens (tertiary/aromatic N) is 1. The summed E-state index contributed by atoms with van der Waals surface area (Å²) < 4.78 is 10.8. The molecule has 32 heavy (non-hydrogen) atoms. The molecule has 1 amide bonds. The molecule has 3 aromatic carbocycles. The second kappa shape index (κ2) is 10.2. The minimum absolute atomic E-state index is 0.0662. The topological polar surface area (TPSA) is 100 Å². The molecule has 0 spiro atoms. The van der Waals surface area contributed by atoms with Gasteiger partial charge in [0.25, 0.3) is 5.91 Å². The summed E-state index contributed by atoms with van der Waals surface area (Å²) >= 11 is 5.83. The standard InChI is InChI=1S/C24H19ClN2O5/c1-31-22-12-16(14-26-27-24(30)18-8-9-21(29)20(25)13-18)10-17(23(22)32-2)7-6-15-4-3-5-19(28)11-15/h3-5,8-14,28-29H,1-2H3,(H,27,30). The predicted octanol–water partition coefficient (Wildman–Crippen LogP) is 3.93. The number of carbonyl (C=O) groups is 1. The summed E-state index contributed by atoms with van der Waals surface area (Å²) in [6, 6.07) is 14.1. The minimum atomic E-state index is -0.493. The fraction of sp³-hybridized carbons (Fsp3) is 0.0833. The molecule has 0 aliphatic heterocycles. The number of rotatable bonds is 5. The van der Waals surface area contributed by atoms with Crippen molar-refractivity contribution < 1.29 is 24.5 Å². The summed E-state index contributed by atoms with van der Waals surface area (Å²) in [5, 5.41) is 23.1. The number of nitrogens with one attached hydrogen (secondary N) is 1. The number of halogens is 1. The third-order valence-electron chi connectivity index (χ3n) is 4.28. The Hall–Kier alpha value is -4.15. The summed E-state index contributed by atoms with van der Waals surface area (Å²) in [7, 11) is 3.01. The van der Waals surface area contributed by atoms with Gasteiger partial charge in [0.05, 0.1) is 31.0 Å². The van der Waals surface area contributed by atoms with Crippen molar-refractivity contribution >= 4 is 23.7 Å². The molecule has 0 aliphatic rings. The maximum absolute atomic E-state index is 12.2. The molecule has 162 valence electrons. The molecule has 0 saturated heterocycles. The van der Waals surface area contributed by atoms with E-state index in [2.05, 4.69) is 22.4 Å². The molecule has 0 aromatic heterocycles. The molecule has 0 radical (unpaired) electrons. The minimum Gasteiger partial charge on any atom is -0.508 e. The SMILES string of the molecule is COc1cc(C=NNC(=O)c2ccc(O)c(Cl)c2)cc(C#Cc2cccc(O)c2)c1OC. The number of amides is 1. The Balaban J connectivity index is 1.86. The van der Waals surface area contributed by atoms with E-state index in [1.807, 2.05) is 0 Å². The Morgan fingerprint density at radius 1 is 1.06 bits per heavy atom. The molecular formula is C24H19ClN2O5. The van der Waals surface area contributed by atoms with E-state index in [0.717, 1.165) is 0 Å². The van der Waals surface area contributed by atoms with Crippen LogP contribution in [-0.4, -0.2) is 36.6 Å². The number of hydrazone groups is 1. The summed E-state index contributed by atoms with van der Waals surface area (Å²) in [5.41, 5.74) is 4.41. The highest BCUT2D eigenvalue weighted by molar-refractivity contribution is 6.32. The zero-order valence-corrected chi connectivity index (χ0v) is 18.0. The zero-order chi connectivity index (χ0) is 23.1. The van der Waals surface area contributed by atoms with E-state index >= 15 is 0 Å². The van der Waals surface area contributed by atoms with Crippen molar-refractivity contribution in [1.29, 1.82) is 0 Å². The van der Waals surface area contributed by atoms with Crippen molar-refractivity contribution in [2.45, 2.75) is 0 Å².